The maximum Gasteiger partial charge on any atom is 0.0610 e. The molecule has 0 aromatic rings. The molecular formula is C15H32N2O2. The fourth-order valence-corrected chi connectivity index (χ4v) is 2.40. The first-order chi connectivity index (χ1) is 9.09. The molecule has 0 amide bonds. The van der Waals surface area contributed by atoms with Crippen LogP contribution in [0.2, 0.25) is 0 Å². The largest absolute Gasteiger partial charge is 0.394 e. The van der Waals surface area contributed by atoms with Crippen molar-refractivity contribution in [2.45, 2.75) is 57.0 Å². The molecule has 0 aliphatic heterocycles. The van der Waals surface area contributed by atoms with Gasteiger partial charge in [-0.1, -0.05) is 6.42 Å². The number of hydrogen-bond donors (Lipinski definition) is 2. The topological polar surface area (TPSA) is 44.7 Å². The van der Waals surface area contributed by atoms with Gasteiger partial charge in [0.25, 0.3) is 0 Å². The average molecular weight is 272 g/mol. The second kappa shape index (κ2) is 8.90. The van der Waals surface area contributed by atoms with Crippen molar-refractivity contribution in [3.8, 4) is 0 Å². The van der Waals surface area contributed by atoms with E-state index in [0.29, 0.717) is 6.04 Å². The molecule has 1 rings (SSSR count). The van der Waals surface area contributed by atoms with Gasteiger partial charge in [0, 0.05) is 31.8 Å². The van der Waals surface area contributed by atoms with Crippen molar-refractivity contribution in [1.29, 1.82) is 0 Å². The average Bonchev–Trinajstić information content (AvgIpc) is 3.19. The number of nitrogens with zero attached hydrogens (tertiary/aromatic N) is 1. The second-order valence-electron chi connectivity index (χ2n) is 6.24. The third-order valence-electron chi connectivity index (χ3n) is 3.89. The molecule has 1 fully saturated rings. The minimum absolute atomic E-state index is 0.0736. The van der Waals surface area contributed by atoms with Crippen LogP contribution in [0.15, 0.2) is 0 Å². The van der Waals surface area contributed by atoms with Gasteiger partial charge in [0.15, 0.2) is 0 Å². The van der Waals surface area contributed by atoms with Crippen LogP contribution in [0, 0.1) is 0 Å². The lowest BCUT2D eigenvalue weighted by Crippen LogP contribution is -2.46. The van der Waals surface area contributed by atoms with Crippen molar-refractivity contribution in [2.24, 2.45) is 0 Å². The van der Waals surface area contributed by atoms with Crippen molar-refractivity contribution in [1.82, 2.24) is 10.2 Å². The van der Waals surface area contributed by atoms with E-state index >= 15 is 0 Å². The molecule has 0 aromatic heterocycles. The van der Waals surface area contributed by atoms with Crippen molar-refractivity contribution < 1.29 is 9.84 Å². The molecule has 2 N–H and O–H groups in total. The van der Waals surface area contributed by atoms with Crippen molar-refractivity contribution in [3.05, 3.63) is 0 Å². The number of ether oxygens (including phenoxy) is 1. The number of unbranched alkanes of at least 4 members (excludes halogenated alkanes) is 1. The lowest BCUT2D eigenvalue weighted by Gasteiger charge is -2.29. The van der Waals surface area contributed by atoms with E-state index in [1.165, 1.54) is 25.7 Å². The minimum Gasteiger partial charge on any atom is -0.394 e. The molecule has 19 heavy (non-hydrogen) atoms. The van der Waals surface area contributed by atoms with Gasteiger partial charge in [-0.05, 0) is 52.6 Å². The molecule has 1 aliphatic rings. The van der Waals surface area contributed by atoms with Gasteiger partial charge < -0.3 is 20.1 Å². The van der Waals surface area contributed by atoms with E-state index in [4.69, 9.17) is 4.74 Å². The number of aliphatic hydroxyl groups is 1. The summed E-state index contributed by atoms with van der Waals surface area (Å²) in [4.78, 5) is 2.36. The number of hydrogen-bond acceptors (Lipinski definition) is 4. The first kappa shape index (κ1) is 16.9. The number of rotatable bonds is 12. The van der Waals surface area contributed by atoms with Crippen LogP contribution >= 0.6 is 0 Å². The zero-order chi connectivity index (χ0) is 14.1. The van der Waals surface area contributed by atoms with Crippen LogP contribution in [0.5, 0.6) is 0 Å². The van der Waals surface area contributed by atoms with Gasteiger partial charge in [0.1, 0.15) is 0 Å². The molecule has 0 spiro atoms. The second-order valence-corrected chi connectivity index (χ2v) is 6.24. The Labute approximate surface area is 118 Å². The maximum atomic E-state index is 9.53. The summed E-state index contributed by atoms with van der Waals surface area (Å²) in [6, 6.07) is 0.661. The molecule has 1 saturated carbocycles. The van der Waals surface area contributed by atoms with Crippen LogP contribution in [0.4, 0.5) is 0 Å². The Balaban J connectivity index is 2.04. The predicted molar refractivity (Wildman–Crippen MR) is 79.5 cm³/mol. The summed E-state index contributed by atoms with van der Waals surface area (Å²) >= 11 is 0. The van der Waals surface area contributed by atoms with E-state index in [1.807, 2.05) is 0 Å². The van der Waals surface area contributed by atoms with Crippen LogP contribution in [-0.2, 0) is 4.74 Å². The van der Waals surface area contributed by atoms with Crippen molar-refractivity contribution in [3.63, 3.8) is 0 Å². The number of methoxy groups -OCH3 is 1. The molecule has 0 radical (unpaired) electrons. The van der Waals surface area contributed by atoms with Gasteiger partial charge in [0.2, 0.25) is 0 Å². The Kier molecular flexibility index (Phi) is 7.91. The monoisotopic (exact) mass is 272 g/mol. The molecule has 0 aromatic carbocycles. The molecule has 1 aliphatic carbocycles. The van der Waals surface area contributed by atoms with Crippen LogP contribution in [0.1, 0.15) is 45.4 Å². The van der Waals surface area contributed by atoms with E-state index < -0.39 is 0 Å². The zero-order valence-corrected chi connectivity index (χ0v) is 13.0. The summed E-state index contributed by atoms with van der Waals surface area (Å²) in [6.45, 7) is 5.47. The predicted octanol–water partition coefficient (Wildman–Crippen LogP) is 1.63. The van der Waals surface area contributed by atoms with Crippen LogP contribution in [0.25, 0.3) is 0 Å². The molecule has 1 atom stereocenters. The standard InChI is InChI=1S/C15H32N2O2/c1-15(13-18,16-14-7-8-14)9-4-5-10-17(2)11-6-12-19-3/h14,16,18H,4-13H2,1-3H3. The number of nitrogens with one attached hydrogen (secondary N) is 1. The van der Waals surface area contributed by atoms with Crippen LogP contribution in [-0.4, -0.2) is 62.0 Å². The highest BCUT2D eigenvalue weighted by Crippen LogP contribution is 2.24. The summed E-state index contributed by atoms with van der Waals surface area (Å²) in [6.07, 6.45) is 7.09. The molecule has 0 heterocycles. The van der Waals surface area contributed by atoms with Gasteiger partial charge in [0.05, 0.1) is 6.61 Å². The Morgan fingerprint density at radius 3 is 2.53 bits per heavy atom. The van der Waals surface area contributed by atoms with Crippen molar-refractivity contribution >= 4 is 0 Å². The van der Waals surface area contributed by atoms with Gasteiger partial charge >= 0.3 is 0 Å². The summed E-state index contributed by atoms with van der Waals surface area (Å²) in [5.74, 6) is 0. The highest BCUT2D eigenvalue weighted by atomic mass is 16.5. The lowest BCUT2D eigenvalue weighted by atomic mass is 9.95. The summed E-state index contributed by atoms with van der Waals surface area (Å²) in [5, 5.41) is 13.1. The Morgan fingerprint density at radius 2 is 1.95 bits per heavy atom. The van der Waals surface area contributed by atoms with E-state index in [9.17, 15) is 5.11 Å². The summed E-state index contributed by atoms with van der Waals surface area (Å²) < 4.78 is 5.06. The van der Waals surface area contributed by atoms with E-state index in [0.717, 1.165) is 32.5 Å². The van der Waals surface area contributed by atoms with E-state index in [-0.39, 0.29) is 12.1 Å². The van der Waals surface area contributed by atoms with Gasteiger partial charge in [-0.2, -0.15) is 0 Å². The molecule has 4 heteroatoms. The highest BCUT2D eigenvalue weighted by molar-refractivity contribution is 4.92. The Bertz CT molecular complexity index is 234. The quantitative estimate of drug-likeness (QED) is 0.530. The highest BCUT2D eigenvalue weighted by Gasteiger charge is 2.31. The van der Waals surface area contributed by atoms with Gasteiger partial charge in [-0.3, -0.25) is 0 Å². The molecule has 0 bridgehead atoms. The van der Waals surface area contributed by atoms with Crippen molar-refractivity contribution in [2.75, 3.05) is 40.5 Å². The molecule has 4 nitrogen and oxygen atoms in total. The fraction of sp³-hybridized carbons (Fsp3) is 1.00. The SMILES string of the molecule is COCCCN(C)CCCCC(C)(CO)NC1CC1. The normalized spacial score (nSPS) is 18.8. The zero-order valence-electron chi connectivity index (χ0n) is 13.0. The Hall–Kier alpha value is -0.160. The maximum absolute atomic E-state index is 9.53. The van der Waals surface area contributed by atoms with Crippen LogP contribution in [0.3, 0.4) is 0 Å². The number of aliphatic hydroxyl groups excluding tert-OH is 1. The third-order valence-corrected chi connectivity index (χ3v) is 3.89. The Morgan fingerprint density at radius 1 is 1.26 bits per heavy atom. The molecular weight excluding hydrogens is 240 g/mol. The third kappa shape index (κ3) is 7.88. The van der Waals surface area contributed by atoms with Crippen LogP contribution < -0.4 is 5.32 Å². The lowest BCUT2D eigenvalue weighted by molar-refractivity contribution is 0.158. The van der Waals surface area contributed by atoms with Gasteiger partial charge in [-0.15, -0.1) is 0 Å². The van der Waals surface area contributed by atoms with E-state index in [1.54, 1.807) is 7.11 Å². The minimum atomic E-state index is -0.0736. The molecule has 1 unspecified atom stereocenters. The van der Waals surface area contributed by atoms with Gasteiger partial charge in [-0.25, -0.2) is 0 Å². The molecule has 0 saturated heterocycles. The fourth-order valence-electron chi connectivity index (χ4n) is 2.40. The first-order valence-corrected chi connectivity index (χ1v) is 7.66. The summed E-state index contributed by atoms with van der Waals surface area (Å²) in [7, 11) is 3.92. The first-order valence-electron chi connectivity index (χ1n) is 7.66. The smallest absolute Gasteiger partial charge is 0.0610 e. The summed E-state index contributed by atoms with van der Waals surface area (Å²) in [5.41, 5.74) is -0.0736. The molecule has 114 valence electrons. The van der Waals surface area contributed by atoms with E-state index in [2.05, 4.69) is 24.2 Å².